The molecule has 0 spiro atoms. The van der Waals surface area contributed by atoms with Crippen molar-refractivity contribution in [3.05, 3.63) is 50.7 Å². The predicted molar refractivity (Wildman–Crippen MR) is 128 cm³/mol. The van der Waals surface area contributed by atoms with Crippen molar-refractivity contribution in [1.82, 2.24) is 0 Å². The highest BCUT2D eigenvalue weighted by molar-refractivity contribution is 7.13. The van der Waals surface area contributed by atoms with Crippen molar-refractivity contribution in [1.29, 1.82) is 0 Å². The van der Waals surface area contributed by atoms with E-state index in [4.69, 9.17) is 37.4 Å². The van der Waals surface area contributed by atoms with Crippen LogP contribution in [0.4, 0.5) is 0 Å². The van der Waals surface area contributed by atoms with Crippen molar-refractivity contribution >= 4 is 46.5 Å². The van der Waals surface area contributed by atoms with Crippen LogP contribution < -0.4 is 4.74 Å². The molecule has 0 saturated heterocycles. The number of rotatable bonds is 10. The third kappa shape index (κ3) is 7.34. The van der Waals surface area contributed by atoms with Gasteiger partial charge in [0.2, 0.25) is 0 Å². The number of aliphatic hydroxyl groups is 1. The molecule has 1 aromatic carbocycles. The highest BCUT2D eigenvalue weighted by Gasteiger charge is 2.41. The molecule has 0 radical (unpaired) electrons. The third-order valence-electron chi connectivity index (χ3n) is 5.80. The molecule has 1 aliphatic rings. The maximum Gasteiger partial charge on any atom is 0.348 e. The molecular weight excluding hydrogens is 487 g/mol. The quantitative estimate of drug-likeness (QED) is 0.344. The van der Waals surface area contributed by atoms with Gasteiger partial charge in [-0.3, -0.25) is 4.79 Å². The van der Waals surface area contributed by atoms with E-state index in [1.54, 1.807) is 24.3 Å². The fraction of sp³-hybridized carbons (Fsp3) is 0.500. The zero-order valence-corrected chi connectivity index (χ0v) is 20.9. The summed E-state index contributed by atoms with van der Waals surface area (Å²) in [5.41, 5.74) is 0.730. The minimum Gasteiger partial charge on any atom is -0.493 e. The van der Waals surface area contributed by atoms with Crippen LogP contribution in [-0.4, -0.2) is 42.2 Å². The molecule has 6 nitrogen and oxygen atoms in total. The molecule has 1 heterocycles. The van der Waals surface area contributed by atoms with Crippen LogP contribution >= 0.6 is 34.5 Å². The van der Waals surface area contributed by atoms with E-state index >= 15 is 0 Å². The Morgan fingerprint density at radius 1 is 1.21 bits per heavy atom. The first-order chi connectivity index (χ1) is 15.8. The second kappa shape index (κ2) is 12.1. The van der Waals surface area contributed by atoms with Gasteiger partial charge in [0, 0.05) is 28.1 Å². The van der Waals surface area contributed by atoms with E-state index in [0.717, 1.165) is 29.7 Å². The minimum atomic E-state index is -0.537. The molecule has 180 valence electrons. The maximum atomic E-state index is 11.6. The molecule has 1 aliphatic carbocycles. The Hall–Kier alpha value is -1.80. The number of esters is 2. The molecule has 1 N–H and O–H groups in total. The number of thiophene rings is 1. The number of alkyl halides is 1. The normalized spacial score (nSPS) is 22.2. The number of methoxy groups -OCH3 is 1. The fourth-order valence-electron chi connectivity index (χ4n) is 4.16. The van der Waals surface area contributed by atoms with Gasteiger partial charge >= 0.3 is 11.9 Å². The van der Waals surface area contributed by atoms with Crippen molar-refractivity contribution < 1.29 is 28.9 Å². The van der Waals surface area contributed by atoms with E-state index in [2.05, 4.69) is 0 Å². The number of ether oxygens (including phenoxy) is 3. The highest BCUT2D eigenvalue weighted by atomic mass is 35.5. The van der Waals surface area contributed by atoms with E-state index < -0.39 is 6.10 Å². The summed E-state index contributed by atoms with van der Waals surface area (Å²) in [6.45, 7) is 1.78. The van der Waals surface area contributed by atoms with Crippen LogP contribution in [0.15, 0.2) is 30.3 Å². The molecule has 1 saturated carbocycles. The molecular formula is C24H28Cl2O6S. The first-order valence-corrected chi connectivity index (χ1v) is 12.4. The second-order valence-electron chi connectivity index (χ2n) is 8.18. The molecule has 0 aliphatic heterocycles. The number of hydrogen-bond donors (Lipinski definition) is 1. The van der Waals surface area contributed by atoms with Gasteiger partial charge in [0.05, 0.1) is 19.8 Å². The summed E-state index contributed by atoms with van der Waals surface area (Å²) in [5.74, 6) is -0.117. The lowest BCUT2D eigenvalue weighted by atomic mass is 9.90. The number of hydrogen-bond acceptors (Lipinski definition) is 7. The van der Waals surface area contributed by atoms with Gasteiger partial charge in [-0.15, -0.1) is 22.9 Å². The molecule has 1 fully saturated rings. The van der Waals surface area contributed by atoms with Crippen molar-refractivity contribution in [3.8, 4) is 5.75 Å². The van der Waals surface area contributed by atoms with Crippen LogP contribution in [-0.2, 0) is 27.3 Å². The Morgan fingerprint density at radius 3 is 2.73 bits per heavy atom. The van der Waals surface area contributed by atoms with Gasteiger partial charge < -0.3 is 19.3 Å². The molecule has 33 heavy (non-hydrogen) atoms. The Labute approximate surface area is 207 Å². The molecule has 3 rings (SSSR count). The lowest BCUT2D eigenvalue weighted by Gasteiger charge is -2.24. The first kappa shape index (κ1) is 25.8. The van der Waals surface area contributed by atoms with Crippen LogP contribution in [0.25, 0.3) is 0 Å². The fourth-order valence-corrected chi connectivity index (χ4v) is 5.87. The summed E-state index contributed by atoms with van der Waals surface area (Å²) < 4.78 is 15.8. The zero-order valence-electron chi connectivity index (χ0n) is 18.6. The van der Waals surface area contributed by atoms with Gasteiger partial charge in [-0.2, -0.15) is 0 Å². The average molecular weight is 515 g/mol. The Bertz CT molecular complexity index is 962. The molecule has 0 bridgehead atoms. The summed E-state index contributed by atoms with van der Waals surface area (Å²) in [4.78, 5) is 24.4. The van der Waals surface area contributed by atoms with E-state index in [1.807, 2.05) is 6.07 Å². The molecule has 9 heteroatoms. The summed E-state index contributed by atoms with van der Waals surface area (Å²) in [6.07, 6.45) is 2.56. The monoisotopic (exact) mass is 514 g/mol. The molecule has 1 aromatic heterocycles. The van der Waals surface area contributed by atoms with Gasteiger partial charge in [-0.25, -0.2) is 4.79 Å². The van der Waals surface area contributed by atoms with Crippen LogP contribution in [0.2, 0.25) is 5.02 Å². The number of benzene rings is 1. The molecule has 1 unspecified atom stereocenters. The lowest BCUT2D eigenvalue weighted by Crippen LogP contribution is -2.27. The molecule has 2 aromatic rings. The van der Waals surface area contributed by atoms with Crippen molar-refractivity contribution in [2.45, 2.75) is 50.7 Å². The summed E-state index contributed by atoms with van der Waals surface area (Å²) >= 11 is 14.2. The second-order valence-corrected chi connectivity index (χ2v) is 10.3. The SMILES string of the molecule is COC(=O)c1ccc(CCCC2[C@H](Cl)C[C@@H](O)[C@@H]2COc2cc(Cl)cc(COC(C)=O)c2)s1. The van der Waals surface area contributed by atoms with Gasteiger partial charge in [-0.1, -0.05) is 11.6 Å². The lowest BCUT2D eigenvalue weighted by molar-refractivity contribution is -0.142. The van der Waals surface area contributed by atoms with E-state index in [-0.39, 0.29) is 35.8 Å². The largest absolute Gasteiger partial charge is 0.493 e. The maximum absolute atomic E-state index is 11.6. The third-order valence-corrected chi connectivity index (χ3v) is 7.65. The van der Waals surface area contributed by atoms with Crippen LogP contribution in [0.5, 0.6) is 5.75 Å². The summed E-state index contributed by atoms with van der Waals surface area (Å²) in [7, 11) is 1.38. The van der Waals surface area contributed by atoms with E-state index in [1.165, 1.54) is 25.4 Å². The van der Waals surface area contributed by atoms with Gasteiger partial charge in [0.25, 0.3) is 0 Å². The topological polar surface area (TPSA) is 82.1 Å². The number of carbonyl (C=O) groups is 2. The van der Waals surface area contributed by atoms with Gasteiger partial charge in [0.15, 0.2) is 0 Å². The zero-order chi connectivity index (χ0) is 24.0. The summed E-state index contributed by atoms with van der Waals surface area (Å²) in [5, 5.41) is 10.9. The number of aryl methyl sites for hydroxylation is 1. The Kier molecular flexibility index (Phi) is 9.44. The van der Waals surface area contributed by atoms with Gasteiger partial charge in [0.1, 0.15) is 17.2 Å². The van der Waals surface area contributed by atoms with Gasteiger partial charge in [-0.05, 0) is 67.5 Å². The van der Waals surface area contributed by atoms with Crippen molar-refractivity contribution in [3.63, 3.8) is 0 Å². The number of aliphatic hydroxyl groups excluding tert-OH is 1. The van der Waals surface area contributed by atoms with Crippen molar-refractivity contribution in [2.75, 3.05) is 13.7 Å². The van der Waals surface area contributed by atoms with Crippen LogP contribution in [0.3, 0.4) is 0 Å². The molecule has 4 atom stereocenters. The summed E-state index contributed by atoms with van der Waals surface area (Å²) in [6, 6.07) is 8.93. The predicted octanol–water partition coefficient (Wildman–Crippen LogP) is 5.26. The standard InChI is InChI=1S/C24H28Cl2O6S/c1-14(27)31-12-15-8-16(25)10-17(9-15)32-13-20-19(21(26)11-22(20)28)5-3-4-18-6-7-23(33-18)24(29)30-2/h6-10,19-22,28H,3-5,11-13H2,1-2H3/t19?,20-,21-,22-/m1/s1. The minimum absolute atomic E-state index is 0.0997. The van der Waals surface area contributed by atoms with Crippen molar-refractivity contribution in [2.24, 2.45) is 11.8 Å². The van der Waals surface area contributed by atoms with Crippen LogP contribution in [0.1, 0.15) is 46.3 Å². The average Bonchev–Trinajstić information content (AvgIpc) is 3.34. The number of halogens is 2. The van der Waals surface area contributed by atoms with Crippen LogP contribution in [0, 0.1) is 11.8 Å². The van der Waals surface area contributed by atoms with E-state index in [9.17, 15) is 14.7 Å². The number of carbonyl (C=O) groups excluding carboxylic acids is 2. The Balaban J connectivity index is 1.56. The first-order valence-electron chi connectivity index (χ1n) is 10.8. The van der Waals surface area contributed by atoms with E-state index in [0.29, 0.717) is 28.7 Å². The highest BCUT2D eigenvalue weighted by Crippen LogP contribution is 2.40. The smallest absolute Gasteiger partial charge is 0.348 e. The Morgan fingerprint density at radius 2 is 2.00 bits per heavy atom. The molecule has 0 amide bonds.